The Bertz CT molecular complexity index is 488. The number of rotatable bonds is 6. The van der Waals surface area contributed by atoms with E-state index >= 15 is 0 Å². The molecule has 0 spiro atoms. The van der Waals surface area contributed by atoms with Crippen LogP contribution in [0.15, 0.2) is 18.2 Å². The molecular weight excluding hydrogens is 250 g/mol. The summed E-state index contributed by atoms with van der Waals surface area (Å²) in [6.45, 7) is 3.61. The molecule has 1 rings (SSSR count). The summed E-state index contributed by atoms with van der Waals surface area (Å²) in [6, 6.07) is 3.69. The second-order valence-corrected chi connectivity index (χ2v) is 4.41. The van der Waals surface area contributed by atoms with Crippen LogP contribution in [0.3, 0.4) is 0 Å². The molecule has 1 aromatic rings. The van der Waals surface area contributed by atoms with Crippen LogP contribution in [0.2, 0.25) is 0 Å². The van der Waals surface area contributed by atoms with Gasteiger partial charge < -0.3 is 15.8 Å². The average molecular weight is 267 g/mol. The van der Waals surface area contributed by atoms with Gasteiger partial charge in [-0.3, -0.25) is 14.9 Å². The Morgan fingerprint density at radius 2 is 2.11 bits per heavy atom. The van der Waals surface area contributed by atoms with Crippen LogP contribution in [0, 0.1) is 16.0 Å². The van der Waals surface area contributed by atoms with Crippen LogP contribution in [-0.2, 0) is 4.79 Å². The number of benzene rings is 1. The number of hydrogen-bond acceptors (Lipinski definition) is 5. The number of nitro benzene ring substituents is 1. The molecule has 3 N–H and O–H groups in total. The number of amides is 1. The molecule has 1 unspecified atom stereocenters. The third-order valence-electron chi connectivity index (χ3n) is 2.69. The first kappa shape index (κ1) is 14.7. The monoisotopic (exact) mass is 267 g/mol. The van der Waals surface area contributed by atoms with Crippen LogP contribution in [0.5, 0.6) is 5.75 Å². The number of carbonyl (C=O) groups is 1. The van der Waals surface area contributed by atoms with Crippen LogP contribution < -0.4 is 15.8 Å². The number of methoxy groups -OCH3 is 1. The SMILES string of the molecule is COc1ccc(NC(C(N)=O)C(C)C)c([N+](=O)[O-])c1. The fourth-order valence-corrected chi connectivity index (χ4v) is 1.65. The molecule has 0 saturated carbocycles. The molecule has 1 aromatic carbocycles. The average Bonchev–Trinajstić information content (AvgIpc) is 2.34. The van der Waals surface area contributed by atoms with Crippen molar-refractivity contribution >= 4 is 17.3 Å². The molecule has 1 amide bonds. The van der Waals surface area contributed by atoms with Gasteiger partial charge in [-0.05, 0) is 18.1 Å². The van der Waals surface area contributed by atoms with Gasteiger partial charge in [-0.25, -0.2) is 0 Å². The molecule has 1 atom stereocenters. The Labute approximate surface area is 110 Å². The van der Waals surface area contributed by atoms with E-state index in [2.05, 4.69) is 5.32 Å². The lowest BCUT2D eigenvalue weighted by atomic mass is 10.0. The highest BCUT2D eigenvalue weighted by atomic mass is 16.6. The maximum absolute atomic E-state index is 11.3. The van der Waals surface area contributed by atoms with Gasteiger partial charge in [-0.1, -0.05) is 13.8 Å². The van der Waals surface area contributed by atoms with Gasteiger partial charge in [0.1, 0.15) is 17.5 Å². The minimum Gasteiger partial charge on any atom is -0.496 e. The molecule has 0 radical (unpaired) electrons. The minimum absolute atomic E-state index is 0.0841. The van der Waals surface area contributed by atoms with Crippen LogP contribution in [0.4, 0.5) is 11.4 Å². The van der Waals surface area contributed by atoms with E-state index in [0.29, 0.717) is 5.75 Å². The molecule has 0 fully saturated rings. The van der Waals surface area contributed by atoms with Gasteiger partial charge in [0, 0.05) is 0 Å². The Hall–Kier alpha value is -2.31. The Morgan fingerprint density at radius 1 is 1.47 bits per heavy atom. The number of nitrogens with one attached hydrogen (secondary N) is 1. The van der Waals surface area contributed by atoms with Crippen molar-refractivity contribution in [3.8, 4) is 5.75 Å². The molecule has 7 nitrogen and oxygen atoms in total. The number of anilines is 1. The van der Waals surface area contributed by atoms with E-state index < -0.39 is 16.9 Å². The number of primary amides is 1. The summed E-state index contributed by atoms with van der Waals surface area (Å²) in [5, 5.41) is 13.8. The maximum atomic E-state index is 11.3. The summed E-state index contributed by atoms with van der Waals surface area (Å²) in [7, 11) is 1.42. The molecule has 104 valence electrons. The molecule has 0 saturated heterocycles. The van der Waals surface area contributed by atoms with E-state index in [1.807, 2.05) is 0 Å². The number of hydrogen-bond donors (Lipinski definition) is 2. The minimum atomic E-state index is -0.674. The summed E-state index contributed by atoms with van der Waals surface area (Å²) >= 11 is 0. The van der Waals surface area contributed by atoms with Gasteiger partial charge in [0.2, 0.25) is 5.91 Å². The highest BCUT2D eigenvalue weighted by molar-refractivity contribution is 5.84. The molecule has 7 heteroatoms. The van der Waals surface area contributed by atoms with Gasteiger partial charge in [-0.15, -0.1) is 0 Å². The van der Waals surface area contributed by atoms with E-state index in [0.717, 1.165) is 0 Å². The Kier molecular flexibility index (Phi) is 4.68. The summed E-state index contributed by atoms with van der Waals surface area (Å²) in [5.41, 5.74) is 5.35. The molecule has 0 aromatic heterocycles. The van der Waals surface area contributed by atoms with Crippen molar-refractivity contribution in [2.75, 3.05) is 12.4 Å². The molecular formula is C12H17N3O4. The van der Waals surface area contributed by atoms with Crippen molar-refractivity contribution in [2.45, 2.75) is 19.9 Å². The van der Waals surface area contributed by atoms with Crippen LogP contribution in [0.1, 0.15) is 13.8 Å². The zero-order valence-electron chi connectivity index (χ0n) is 11.0. The lowest BCUT2D eigenvalue weighted by Gasteiger charge is -2.20. The fourth-order valence-electron chi connectivity index (χ4n) is 1.65. The third-order valence-corrected chi connectivity index (χ3v) is 2.69. The first-order chi connectivity index (χ1) is 8.86. The predicted octanol–water partition coefficient (Wildman–Crippen LogP) is 1.53. The van der Waals surface area contributed by atoms with E-state index in [1.165, 1.54) is 19.2 Å². The predicted molar refractivity (Wildman–Crippen MR) is 71.1 cm³/mol. The zero-order valence-corrected chi connectivity index (χ0v) is 11.0. The van der Waals surface area contributed by atoms with Gasteiger partial charge in [0.25, 0.3) is 5.69 Å². The fraction of sp³-hybridized carbons (Fsp3) is 0.417. The van der Waals surface area contributed by atoms with Crippen LogP contribution in [-0.4, -0.2) is 24.0 Å². The zero-order chi connectivity index (χ0) is 14.6. The molecule has 0 aliphatic rings. The second-order valence-electron chi connectivity index (χ2n) is 4.41. The molecule has 0 aliphatic heterocycles. The summed E-state index contributed by atoms with van der Waals surface area (Å²) in [4.78, 5) is 21.8. The van der Waals surface area contributed by atoms with Crippen molar-refractivity contribution in [3.63, 3.8) is 0 Å². The lowest BCUT2D eigenvalue weighted by molar-refractivity contribution is -0.384. The van der Waals surface area contributed by atoms with E-state index in [9.17, 15) is 14.9 Å². The van der Waals surface area contributed by atoms with E-state index in [4.69, 9.17) is 10.5 Å². The van der Waals surface area contributed by atoms with Gasteiger partial charge in [0.15, 0.2) is 0 Å². The quantitative estimate of drug-likeness (QED) is 0.600. The van der Waals surface area contributed by atoms with Crippen molar-refractivity contribution in [3.05, 3.63) is 28.3 Å². The highest BCUT2D eigenvalue weighted by Gasteiger charge is 2.23. The van der Waals surface area contributed by atoms with Gasteiger partial charge in [-0.2, -0.15) is 0 Å². The number of nitrogens with zero attached hydrogens (tertiary/aromatic N) is 1. The maximum Gasteiger partial charge on any atom is 0.296 e. The summed E-state index contributed by atoms with van der Waals surface area (Å²) < 4.78 is 4.94. The number of nitrogens with two attached hydrogens (primary N) is 1. The normalized spacial score (nSPS) is 12.0. The van der Waals surface area contributed by atoms with Crippen molar-refractivity contribution < 1.29 is 14.5 Å². The first-order valence-corrected chi connectivity index (χ1v) is 5.75. The molecule has 0 aliphatic carbocycles. The smallest absolute Gasteiger partial charge is 0.296 e. The van der Waals surface area contributed by atoms with Gasteiger partial charge in [0.05, 0.1) is 18.1 Å². The summed E-state index contributed by atoms with van der Waals surface area (Å²) in [5.74, 6) is -0.267. The lowest BCUT2D eigenvalue weighted by Crippen LogP contribution is -2.39. The molecule has 0 bridgehead atoms. The Morgan fingerprint density at radius 3 is 2.53 bits per heavy atom. The van der Waals surface area contributed by atoms with E-state index in [1.54, 1.807) is 19.9 Å². The van der Waals surface area contributed by atoms with E-state index in [-0.39, 0.29) is 17.3 Å². The van der Waals surface area contributed by atoms with Crippen LogP contribution >= 0.6 is 0 Å². The number of carbonyl (C=O) groups excluding carboxylic acids is 1. The van der Waals surface area contributed by atoms with Crippen molar-refractivity contribution in [1.29, 1.82) is 0 Å². The van der Waals surface area contributed by atoms with Crippen LogP contribution in [0.25, 0.3) is 0 Å². The highest BCUT2D eigenvalue weighted by Crippen LogP contribution is 2.30. The Balaban J connectivity index is 3.12. The molecule has 19 heavy (non-hydrogen) atoms. The second kappa shape index (κ2) is 6.03. The standard InChI is InChI=1S/C12H17N3O4/c1-7(2)11(12(13)16)14-9-5-4-8(19-3)6-10(9)15(17)18/h4-7,11,14H,1-3H3,(H2,13,16). The third kappa shape index (κ3) is 3.57. The number of ether oxygens (including phenoxy) is 1. The van der Waals surface area contributed by atoms with Gasteiger partial charge >= 0.3 is 0 Å². The number of nitro groups is 1. The first-order valence-electron chi connectivity index (χ1n) is 5.75. The molecule has 0 heterocycles. The van der Waals surface area contributed by atoms with Crippen molar-refractivity contribution in [1.82, 2.24) is 0 Å². The summed E-state index contributed by atoms with van der Waals surface area (Å²) in [6.07, 6.45) is 0. The largest absolute Gasteiger partial charge is 0.496 e. The topological polar surface area (TPSA) is 107 Å². The van der Waals surface area contributed by atoms with Crippen molar-refractivity contribution in [2.24, 2.45) is 11.7 Å².